The van der Waals surface area contributed by atoms with Crippen LogP contribution in [0.2, 0.25) is 0 Å². The molecule has 0 aromatic carbocycles. The molecule has 0 amide bonds. The molecular weight excluding hydrogens is 143 g/mol. The van der Waals surface area contributed by atoms with Crippen molar-refractivity contribution in [3.8, 4) is 0 Å². The predicted molar refractivity (Wildman–Crippen MR) is 28.2 cm³/mol. The predicted octanol–water partition coefficient (Wildman–Crippen LogP) is -2.52. The summed E-state index contributed by atoms with van der Waals surface area (Å²) < 4.78 is 14.1. The zero-order chi connectivity index (χ0) is 4.99. The molecule has 0 saturated heterocycles. The number of hydrogen-bond donors (Lipinski definition) is 0. The van der Waals surface area contributed by atoms with Gasteiger partial charge in [0.1, 0.15) is 0 Å². The molecular formula is C2H6NaO2S2-. The molecule has 0 atom stereocenters. The van der Waals surface area contributed by atoms with Gasteiger partial charge in [-0.05, 0) is 6.92 Å². The SMILES string of the molecule is CCO[S-](=O)=S.[H-].[Na+]. The van der Waals surface area contributed by atoms with Crippen molar-refractivity contribution in [2.45, 2.75) is 6.92 Å². The van der Waals surface area contributed by atoms with Gasteiger partial charge in [0.05, 0.1) is 0 Å². The fourth-order valence-electron chi connectivity index (χ4n) is 0.0962. The van der Waals surface area contributed by atoms with Crippen LogP contribution < -0.4 is 29.6 Å². The molecule has 0 fully saturated rings. The van der Waals surface area contributed by atoms with E-state index in [2.05, 4.69) is 15.4 Å². The van der Waals surface area contributed by atoms with E-state index in [1.54, 1.807) is 6.92 Å². The van der Waals surface area contributed by atoms with Crippen molar-refractivity contribution in [2.75, 3.05) is 6.61 Å². The second kappa shape index (κ2) is 7.33. The van der Waals surface area contributed by atoms with Crippen LogP contribution in [0.1, 0.15) is 8.35 Å². The summed E-state index contributed by atoms with van der Waals surface area (Å²) in [5.41, 5.74) is 0. The molecule has 0 aliphatic heterocycles. The molecule has 0 aromatic heterocycles. The summed E-state index contributed by atoms with van der Waals surface area (Å²) in [6, 6.07) is 0. The molecule has 40 valence electrons. The summed E-state index contributed by atoms with van der Waals surface area (Å²) in [6.45, 7) is 2.17. The van der Waals surface area contributed by atoms with E-state index < -0.39 is 9.64 Å². The third kappa shape index (κ3) is 11.1. The maximum atomic E-state index is 9.75. The van der Waals surface area contributed by atoms with Gasteiger partial charge < -0.3 is 9.82 Å². The van der Waals surface area contributed by atoms with Crippen LogP contribution in [0.5, 0.6) is 0 Å². The molecule has 5 heteroatoms. The molecule has 0 spiro atoms. The largest absolute Gasteiger partial charge is 1.00 e. The first-order valence-electron chi connectivity index (χ1n) is 1.50. The first-order valence-corrected chi connectivity index (χ1v) is 3.50. The van der Waals surface area contributed by atoms with Gasteiger partial charge in [0.2, 0.25) is 0 Å². The smallest absolute Gasteiger partial charge is 1.00 e. The molecule has 0 radical (unpaired) electrons. The van der Waals surface area contributed by atoms with Crippen LogP contribution in [0.3, 0.4) is 0 Å². The number of hydrogen-bond acceptors (Lipinski definition) is 4. The van der Waals surface area contributed by atoms with Crippen LogP contribution >= 0.6 is 0 Å². The van der Waals surface area contributed by atoms with Crippen molar-refractivity contribution in [2.24, 2.45) is 0 Å². The molecule has 0 unspecified atom stereocenters. The Kier molecular flexibility index (Phi) is 11.7. The third-order valence-corrected chi connectivity index (χ3v) is 0.931. The van der Waals surface area contributed by atoms with E-state index in [1.165, 1.54) is 0 Å². The summed E-state index contributed by atoms with van der Waals surface area (Å²) >= 11 is 4.13. The van der Waals surface area contributed by atoms with E-state index in [1.807, 2.05) is 0 Å². The Bertz CT molecular complexity index is 86.0. The molecule has 0 N–H and O–H groups in total. The van der Waals surface area contributed by atoms with Crippen molar-refractivity contribution < 1.29 is 39.4 Å². The van der Waals surface area contributed by atoms with Gasteiger partial charge >= 0.3 is 29.6 Å². The van der Waals surface area contributed by atoms with Crippen LogP contribution in [0, 0.1) is 0 Å². The first-order chi connectivity index (χ1) is 2.77. The van der Waals surface area contributed by atoms with E-state index in [9.17, 15) is 4.21 Å². The van der Waals surface area contributed by atoms with Gasteiger partial charge in [0, 0.05) is 6.61 Å². The fraction of sp³-hybridized carbons (Fsp3) is 1.00. The summed E-state index contributed by atoms with van der Waals surface area (Å²) in [7, 11) is -1.48. The van der Waals surface area contributed by atoms with Gasteiger partial charge in [-0.1, -0.05) is 9.64 Å². The molecule has 2 nitrogen and oxygen atoms in total. The van der Waals surface area contributed by atoms with Crippen LogP contribution in [0.4, 0.5) is 0 Å². The topological polar surface area (TPSA) is 26.3 Å². The molecule has 0 rings (SSSR count). The Morgan fingerprint density at radius 2 is 2.43 bits per heavy atom. The third-order valence-electron chi connectivity index (χ3n) is 0.214. The zero-order valence-corrected chi connectivity index (χ0v) is 7.97. The van der Waals surface area contributed by atoms with Gasteiger partial charge in [0.25, 0.3) is 0 Å². The zero-order valence-electron chi connectivity index (χ0n) is 5.34. The molecule has 0 saturated carbocycles. The minimum absolute atomic E-state index is 0. The molecule has 0 heterocycles. The molecule has 0 aliphatic rings. The van der Waals surface area contributed by atoms with Crippen molar-refractivity contribution in [3.05, 3.63) is 0 Å². The summed E-state index contributed by atoms with van der Waals surface area (Å²) in [4.78, 5) is 0. The minimum atomic E-state index is -1.48. The Morgan fingerprint density at radius 3 is 2.43 bits per heavy atom. The molecule has 0 bridgehead atoms. The quantitative estimate of drug-likeness (QED) is 0.320. The van der Waals surface area contributed by atoms with Gasteiger partial charge in [-0.3, -0.25) is 0 Å². The Labute approximate surface area is 73.3 Å². The monoisotopic (exact) mass is 149 g/mol. The fourth-order valence-corrected chi connectivity index (χ4v) is 0.577. The van der Waals surface area contributed by atoms with Gasteiger partial charge in [-0.25, -0.2) is 11.2 Å². The van der Waals surface area contributed by atoms with Crippen LogP contribution in [0.15, 0.2) is 0 Å². The van der Waals surface area contributed by atoms with E-state index >= 15 is 0 Å². The van der Waals surface area contributed by atoms with E-state index in [0.29, 0.717) is 6.61 Å². The summed E-state index contributed by atoms with van der Waals surface area (Å²) in [5.74, 6) is 0. The first kappa shape index (κ1) is 11.2. The average molecular weight is 149 g/mol. The second-order valence-electron chi connectivity index (χ2n) is 0.611. The molecule has 0 aliphatic carbocycles. The van der Waals surface area contributed by atoms with E-state index in [4.69, 9.17) is 0 Å². The van der Waals surface area contributed by atoms with Crippen LogP contribution in [0.25, 0.3) is 0 Å². The second-order valence-corrected chi connectivity index (χ2v) is 2.07. The van der Waals surface area contributed by atoms with Crippen molar-refractivity contribution in [1.29, 1.82) is 0 Å². The van der Waals surface area contributed by atoms with Crippen LogP contribution in [-0.2, 0) is 29.2 Å². The maximum Gasteiger partial charge on any atom is 1.00 e. The van der Waals surface area contributed by atoms with Crippen molar-refractivity contribution in [1.82, 2.24) is 0 Å². The van der Waals surface area contributed by atoms with Gasteiger partial charge in [-0.2, -0.15) is 0 Å². The number of rotatable bonds is 2. The maximum absolute atomic E-state index is 9.75. The normalized spacial score (nSPS) is 8.29. The van der Waals surface area contributed by atoms with Gasteiger partial charge in [-0.15, -0.1) is 0 Å². The average Bonchev–Trinajstić information content (AvgIpc) is 1.35. The van der Waals surface area contributed by atoms with E-state index in [-0.39, 0.29) is 31.0 Å². The Hall–Kier alpha value is 1.33. The Balaban J connectivity index is -0.000000125. The summed E-state index contributed by atoms with van der Waals surface area (Å²) in [6.07, 6.45) is 0. The van der Waals surface area contributed by atoms with E-state index in [0.717, 1.165) is 0 Å². The van der Waals surface area contributed by atoms with Crippen molar-refractivity contribution >= 4 is 20.8 Å². The Morgan fingerprint density at radius 1 is 2.00 bits per heavy atom. The standard InChI is InChI=1S/C2H5O2S2.Na.H/c1-2-4-6(3)5;;/h2H2,1H3;;/q-1;+1;-1. The summed E-state index contributed by atoms with van der Waals surface area (Å²) in [5, 5.41) is 0. The van der Waals surface area contributed by atoms with Crippen LogP contribution in [-0.4, -0.2) is 6.61 Å². The van der Waals surface area contributed by atoms with Gasteiger partial charge in [0.15, 0.2) is 0 Å². The molecule has 0 aromatic rings. The van der Waals surface area contributed by atoms with Crippen molar-refractivity contribution in [3.63, 3.8) is 0 Å². The minimum Gasteiger partial charge on any atom is -1.00 e. The molecule has 7 heavy (non-hydrogen) atoms.